The summed E-state index contributed by atoms with van der Waals surface area (Å²) in [6.07, 6.45) is 5.63. The zero-order valence-electron chi connectivity index (χ0n) is 12.8. The third kappa shape index (κ3) is 3.71. The number of thioether (sulfide) groups is 1. The van der Waals surface area contributed by atoms with Crippen molar-refractivity contribution in [3.8, 4) is 0 Å². The van der Waals surface area contributed by atoms with Crippen molar-refractivity contribution in [2.24, 2.45) is 0 Å². The van der Waals surface area contributed by atoms with Crippen LogP contribution in [-0.4, -0.2) is 21.9 Å². The normalized spacial score (nSPS) is 13.1. The van der Waals surface area contributed by atoms with Crippen LogP contribution in [-0.2, 0) is 24.1 Å². The molecule has 0 aliphatic heterocycles. The molecular formula is C17H21N3OS. The van der Waals surface area contributed by atoms with Gasteiger partial charge in [-0.2, -0.15) is 5.10 Å². The number of hydrogen-bond acceptors (Lipinski definition) is 3. The van der Waals surface area contributed by atoms with Crippen molar-refractivity contribution in [1.82, 2.24) is 10.2 Å². The van der Waals surface area contributed by atoms with Crippen LogP contribution >= 0.6 is 11.8 Å². The van der Waals surface area contributed by atoms with E-state index in [0.29, 0.717) is 11.6 Å². The van der Waals surface area contributed by atoms with Gasteiger partial charge in [-0.25, -0.2) is 0 Å². The fourth-order valence-electron chi connectivity index (χ4n) is 2.79. The molecule has 0 fully saturated rings. The van der Waals surface area contributed by atoms with Gasteiger partial charge in [0, 0.05) is 16.7 Å². The number of aryl methyl sites for hydroxylation is 3. The number of fused-ring (bicyclic) bond motifs is 1. The van der Waals surface area contributed by atoms with Crippen molar-refractivity contribution < 1.29 is 4.79 Å². The van der Waals surface area contributed by atoms with Gasteiger partial charge in [0.1, 0.15) is 0 Å². The van der Waals surface area contributed by atoms with E-state index in [4.69, 9.17) is 0 Å². The highest BCUT2D eigenvalue weighted by Gasteiger charge is 2.12. The van der Waals surface area contributed by atoms with E-state index >= 15 is 0 Å². The summed E-state index contributed by atoms with van der Waals surface area (Å²) < 4.78 is 0. The van der Waals surface area contributed by atoms with E-state index in [0.717, 1.165) is 18.5 Å². The molecule has 22 heavy (non-hydrogen) atoms. The van der Waals surface area contributed by atoms with Gasteiger partial charge in [-0.3, -0.25) is 9.89 Å². The van der Waals surface area contributed by atoms with Crippen LogP contribution in [0.25, 0.3) is 0 Å². The molecule has 1 aromatic carbocycles. The Morgan fingerprint density at radius 1 is 1.32 bits per heavy atom. The highest BCUT2D eigenvalue weighted by molar-refractivity contribution is 8.00. The second kappa shape index (κ2) is 7.01. The number of amides is 1. The molecule has 1 amide bonds. The van der Waals surface area contributed by atoms with Gasteiger partial charge in [-0.1, -0.05) is 19.4 Å². The molecule has 0 saturated carbocycles. The Morgan fingerprint density at radius 3 is 3.05 bits per heavy atom. The number of nitrogens with zero attached hydrogens (tertiary/aromatic N) is 1. The SMILES string of the molecule is CCCc1cc(NC(=O)CSc2ccc3c(c2)CCC3)n[nH]1. The molecule has 0 unspecified atom stereocenters. The van der Waals surface area contributed by atoms with Gasteiger partial charge in [0.15, 0.2) is 5.82 Å². The van der Waals surface area contributed by atoms with Crippen LogP contribution in [0.1, 0.15) is 36.6 Å². The lowest BCUT2D eigenvalue weighted by Crippen LogP contribution is -2.14. The predicted molar refractivity (Wildman–Crippen MR) is 90.4 cm³/mol. The molecule has 0 bridgehead atoms. The fraction of sp³-hybridized carbons (Fsp3) is 0.412. The lowest BCUT2D eigenvalue weighted by molar-refractivity contribution is -0.113. The van der Waals surface area contributed by atoms with E-state index in [1.54, 1.807) is 11.8 Å². The summed E-state index contributed by atoms with van der Waals surface area (Å²) in [6, 6.07) is 8.46. The molecule has 0 saturated heterocycles. The Morgan fingerprint density at radius 2 is 2.18 bits per heavy atom. The third-order valence-electron chi connectivity index (χ3n) is 3.86. The van der Waals surface area contributed by atoms with E-state index in [9.17, 15) is 4.79 Å². The molecule has 2 N–H and O–H groups in total. The highest BCUT2D eigenvalue weighted by Crippen LogP contribution is 2.27. The van der Waals surface area contributed by atoms with E-state index < -0.39 is 0 Å². The van der Waals surface area contributed by atoms with Crippen LogP contribution < -0.4 is 5.32 Å². The first-order valence-electron chi connectivity index (χ1n) is 7.83. The van der Waals surface area contributed by atoms with E-state index in [1.165, 1.54) is 35.3 Å². The van der Waals surface area contributed by atoms with Crippen LogP contribution in [0, 0.1) is 0 Å². The molecule has 0 radical (unpaired) electrons. The minimum atomic E-state index is -0.0138. The average Bonchev–Trinajstić information content (AvgIpc) is 3.14. The molecule has 4 nitrogen and oxygen atoms in total. The Labute approximate surface area is 135 Å². The molecule has 116 valence electrons. The number of nitrogens with one attached hydrogen (secondary N) is 2. The van der Waals surface area contributed by atoms with Gasteiger partial charge >= 0.3 is 0 Å². The summed E-state index contributed by atoms with van der Waals surface area (Å²) in [6.45, 7) is 2.12. The van der Waals surface area contributed by atoms with Crippen molar-refractivity contribution >= 4 is 23.5 Å². The maximum atomic E-state index is 12.0. The van der Waals surface area contributed by atoms with Gasteiger partial charge in [-0.15, -0.1) is 11.8 Å². The Kier molecular flexibility index (Phi) is 4.83. The lowest BCUT2D eigenvalue weighted by atomic mass is 10.1. The van der Waals surface area contributed by atoms with Crippen LogP contribution in [0.15, 0.2) is 29.2 Å². The quantitative estimate of drug-likeness (QED) is 0.801. The molecule has 5 heteroatoms. The monoisotopic (exact) mass is 315 g/mol. The first-order chi connectivity index (χ1) is 10.7. The van der Waals surface area contributed by atoms with Gasteiger partial charge in [0.25, 0.3) is 0 Å². The number of aromatic amines is 1. The van der Waals surface area contributed by atoms with Crippen molar-refractivity contribution in [2.75, 3.05) is 11.1 Å². The molecule has 0 spiro atoms. The Hall–Kier alpha value is -1.75. The molecule has 1 heterocycles. The van der Waals surface area contributed by atoms with E-state index in [2.05, 4.69) is 40.6 Å². The van der Waals surface area contributed by atoms with Gasteiger partial charge in [-0.05, 0) is 48.9 Å². The summed E-state index contributed by atoms with van der Waals surface area (Å²) in [5, 5.41) is 9.89. The van der Waals surface area contributed by atoms with Crippen LogP contribution in [0.4, 0.5) is 5.82 Å². The number of benzene rings is 1. The van der Waals surface area contributed by atoms with Crippen molar-refractivity contribution in [2.45, 2.75) is 43.9 Å². The van der Waals surface area contributed by atoms with E-state index in [-0.39, 0.29) is 5.91 Å². The molecule has 3 rings (SSSR count). The molecule has 0 atom stereocenters. The zero-order chi connectivity index (χ0) is 15.4. The lowest BCUT2D eigenvalue weighted by Gasteiger charge is -2.05. The number of rotatable bonds is 6. The van der Waals surface area contributed by atoms with Gasteiger partial charge in [0.05, 0.1) is 5.75 Å². The predicted octanol–water partition coefficient (Wildman–Crippen LogP) is 3.58. The molecule has 1 aliphatic rings. The average molecular weight is 315 g/mol. The first kappa shape index (κ1) is 15.2. The van der Waals surface area contributed by atoms with Crippen molar-refractivity contribution in [1.29, 1.82) is 0 Å². The number of carbonyl (C=O) groups excluding carboxylic acids is 1. The first-order valence-corrected chi connectivity index (χ1v) is 8.82. The van der Waals surface area contributed by atoms with Crippen LogP contribution in [0.3, 0.4) is 0 Å². The van der Waals surface area contributed by atoms with Gasteiger partial charge < -0.3 is 5.32 Å². The Bertz CT molecular complexity index is 666. The van der Waals surface area contributed by atoms with E-state index in [1.807, 2.05) is 6.07 Å². The molecule has 1 aliphatic carbocycles. The Balaban J connectivity index is 1.51. The summed E-state index contributed by atoms with van der Waals surface area (Å²) in [5.74, 6) is 1.01. The second-order valence-corrected chi connectivity index (χ2v) is 6.70. The molecule has 1 aromatic heterocycles. The van der Waals surface area contributed by atoms with Gasteiger partial charge in [0.2, 0.25) is 5.91 Å². The maximum Gasteiger partial charge on any atom is 0.235 e. The van der Waals surface area contributed by atoms with Crippen molar-refractivity contribution in [3.05, 3.63) is 41.1 Å². The molecule has 2 aromatic rings. The fourth-order valence-corrected chi connectivity index (χ4v) is 3.55. The molecular weight excluding hydrogens is 294 g/mol. The van der Waals surface area contributed by atoms with Crippen LogP contribution in [0.5, 0.6) is 0 Å². The minimum Gasteiger partial charge on any atom is -0.308 e. The number of carbonyl (C=O) groups is 1. The summed E-state index contributed by atoms with van der Waals surface area (Å²) in [4.78, 5) is 13.2. The third-order valence-corrected chi connectivity index (χ3v) is 4.85. The number of aromatic nitrogens is 2. The van der Waals surface area contributed by atoms with Crippen molar-refractivity contribution in [3.63, 3.8) is 0 Å². The second-order valence-electron chi connectivity index (χ2n) is 5.65. The summed E-state index contributed by atoms with van der Waals surface area (Å²) >= 11 is 1.58. The highest BCUT2D eigenvalue weighted by atomic mass is 32.2. The smallest absolute Gasteiger partial charge is 0.235 e. The van der Waals surface area contributed by atoms with Crippen LogP contribution in [0.2, 0.25) is 0 Å². The topological polar surface area (TPSA) is 57.8 Å². The minimum absolute atomic E-state index is 0.0138. The summed E-state index contributed by atoms with van der Waals surface area (Å²) in [5.41, 5.74) is 3.97. The zero-order valence-corrected chi connectivity index (χ0v) is 13.6. The number of anilines is 1. The standard InChI is InChI=1S/C17H21N3OS/c1-2-4-14-10-16(20-19-14)18-17(21)11-22-15-8-7-12-5-3-6-13(12)9-15/h7-10H,2-6,11H2,1H3,(H2,18,19,20,21). The number of H-pyrrole nitrogens is 1. The maximum absolute atomic E-state index is 12.0. The largest absolute Gasteiger partial charge is 0.308 e. The number of hydrogen-bond donors (Lipinski definition) is 2. The summed E-state index contributed by atoms with van der Waals surface area (Å²) in [7, 11) is 0.